The van der Waals surface area contributed by atoms with Crippen LogP contribution in [0.1, 0.15) is 18.4 Å². The van der Waals surface area contributed by atoms with Gasteiger partial charge in [0, 0.05) is 6.42 Å². The fourth-order valence-corrected chi connectivity index (χ4v) is 1.40. The smallest absolute Gasteiger partial charge is 0.224 e. The molecule has 0 saturated heterocycles. The van der Waals surface area contributed by atoms with Crippen LogP contribution in [0, 0.1) is 18.6 Å². The van der Waals surface area contributed by atoms with E-state index in [2.05, 4.69) is 10.6 Å². The Balaban J connectivity index is 2.68. The zero-order valence-corrected chi connectivity index (χ0v) is 9.94. The molecule has 0 aliphatic heterocycles. The van der Waals surface area contributed by atoms with Gasteiger partial charge in [0.25, 0.3) is 0 Å². The molecular weight excluding hydrogens is 226 g/mol. The van der Waals surface area contributed by atoms with Gasteiger partial charge in [-0.1, -0.05) is 6.07 Å². The highest BCUT2D eigenvalue weighted by atomic mass is 19.1. The molecule has 0 heterocycles. The first-order chi connectivity index (χ1) is 8.06. The molecule has 0 atom stereocenters. The molecule has 5 heteroatoms. The van der Waals surface area contributed by atoms with Crippen molar-refractivity contribution in [1.82, 2.24) is 5.32 Å². The van der Waals surface area contributed by atoms with Gasteiger partial charge in [0.15, 0.2) is 5.82 Å². The van der Waals surface area contributed by atoms with E-state index in [1.165, 1.54) is 13.0 Å². The molecule has 0 saturated carbocycles. The van der Waals surface area contributed by atoms with Crippen LogP contribution in [0.25, 0.3) is 0 Å². The van der Waals surface area contributed by atoms with Gasteiger partial charge in [0.2, 0.25) is 5.91 Å². The highest BCUT2D eigenvalue weighted by molar-refractivity contribution is 5.91. The van der Waals surface area contributed by atoms with Gasteiger partial charge >= 0.3 is 0 Å². The van der Waals surface area contributed by atoms with Gasteiger partial charge in [-0.3, -0.25) is 4.79 Å². The van der Waals surface area contributed by atoms with E-state index in [-0.39, 0.29) is 18.0 Å². The molecule has 0 fully saturated rings. The van der Waals surface area contributed by atoms with Crippen molar-refractivity contribution in [2.24, 2.45) is 0 Å². The van der Waals surface area contributed by atoms with Gasteiger partial charge in [-0.05, 0) is 38.6 Å². The lowest BCUT2D eigenvalue weighted by Crippen LogP contribution is -2.17. The van der Waals surface area contributed by atoms with Crippen LogP contribution >= 0.6 is 0 Å². The van der Waals surface area contributed by atoms with E-state index in [1.807, 2.05) is 0 Å². The molecule has 1 rings (SSSR count). The van der Waals surface area contributed by atoms with Crippen molar-refractivity contribution < 1.29 is 13.6 Å². The topological polar surface area (TPSA) is 41.1 Å². The predicted molar refractivity (Wildman–Crippen MR) is 62.9 cm³/mol. The maximum Gasteiger partial charge on any atom is 0.224 e. The molecule has 1 amide bonds. The molecule has 1 aromatic rings. The Kier molecular flexibility index (Phi) is 5.03. The number of nitrogens with one attached hydrogen (secondary N) is 2. The number of amides is 1. The van der Waals surface area contributed by atoms with Gasteiger partial charge in [-0.25, -0.2) is 8.78 Å². The first-order valence-corrected chi connectivity index (χ1v) is 5.45. The lowest BCUT2D eigenvalue weighted by Gasteiger charge is -2.09. The van der Waals surface area contributed by atoms with E-state index in [9.17, 15) is 13.6 Å². The van der Waals surface area contributed by atoms with E-state index in [0.29, 0.717) is 18.5 Å². The quantitative estimate of drug-likeness (QED) is 0.777. The standard InChI is InChI=1S/C12H16F2N2O/c1-8-5-6-9(13)12(11(8)14)16-10(17)4-3-7-15-2/h5-6,15H,3-4,7H2,1-2H3,(H,16,17). The Labute approximate surface area is 99.2 Å². The van der Waals surface area contributed by atoms with Crippen molar-refractivity contribution in [3.05, 3.63) is 29.3 Å². The van der Waals surface area contributed by atoms with Crippen LogP contribution in [0.2, 0.25) is 0 Å². The van der Waals surface area contributed by atoms with Crippen molar-refractivity contribution in [3.63, 3.8) is 0 Å². The second kappa shape index (κ2) is 6.30. The number of aryl methyl sites for hydroxylation is 1. The molecule has 0 aliphatic carbocycles. The van der Waals surface area contributed by atoms with E-state index in [0.717, 1.165) is 6.07 Å². The Morgan fingerprint density at radius 3 is 2.71 bits per heavy atom. The Hall–Kier alpha value is -1.49. The van der Waals surface area contributed by atoms with Crippen molar-refractivity contribution >= 4 is 11.6 Å². The number of halogens is 2. The monoisotopic (exact) mass is 242 g/mol. The summed E-state index contributed by atoms with van der Waals surface area (Å²) in [5.74, 6) is -1.86. The minimum Gasteiger partial charge on any atom is -0.321 e. The maximum atomic E-state index is 13.5. The second-order valence-electron chi connectivity index (χ2n) is 3.81. The molecule has 94 valence electrons. The molecule has 3 nitrogen and oxygen atoms in total. The highest BCUT2D eigenvalue weighted by Gasteiger charge is 2.13. The van der Waals surface area contributed by atoms with Crippen LogP contribution < -0.4 is 10.6 Å². The average Bonchev–Trinajstić information content (AvgIpc) is 2.30. The van der Waals surface area contributed by atoms with Crippen LogP contribution in [0.15, 0.2) is 12.1 Å². The summed E-state index contributed by atoms with van der Waals surface area (Å²) in [7, 11) is 1.78. The van der Waals surface area contributed by atoms with E-state index in [1.54, 1.807) is 7.05 Å². The first kappa shape index (κ1) is 13.6. The number of carbonyl (C=O) groups excluding carboxylic acids is 1. The molecule has 0 radical (unpaired) electrons. The van der Waals surface area contributed by atoms with Crippen LogP contribution in [0.5, 0.6) is 0 Å². The number of rotatable bonds is 5. The van der Waals surface area contributed by atoms with Crippen LogP contribution in [-0.4, -0.2) is 19.5 Å². The number of benzene rings is 1. The third kappa shape index (κ3) is 3.78. The lowest BCUT2D eigenvalue weighted by molar-refractivity contribution is -0.116. The molecule has 0 aliphatic rings. The van der Waals surface area contributed by atoms with Crippen molar-refractivity contribution in [1.29, 1.82) is 0 Å². The van der Waals surface area contributed by atoms with Crippen LogP contribution in [0.4, 0.5) is 14.5 Å². The second-order valence-corrected chi connectivity index (χ2v) is 3.81. The predicted octanol–water partition coefficient (Wildman–Crippen LogP) is 2.21. The minimum absolute atomic E-state index is 0.230. The third-order valence-corrected chi connectivity index (χ3v) is 2.38. The number of hydrogen-bond acceptors (Lipinski definition) is 2. The van der Waals surface area contributed by atoms with Crippen molar-refractivity contribution in [2.45, 2.75) is 19.8 Å². The molecule has 0 bridgehead atoms. The molecule has 0 unspecified atom stereocenters. The van der Waals surface area contributed by atoms with Gasteiger partial charge in [-0.2, -0.15) is 0 Å². The fraction of sp³-hybridized carbons (Fsp3) is 0.417. The summed E-state index contributed by atoms with van der Waals surface area (Å²) in [6.45, 7) is 2.21. The zero-order chi connectivity index (χ0) is 12.8. The summed E-state index contributed by atoms with van der Waals surface area (Å²) in [6.07, 6.45) is 0.852. The summed E-state index contributed by atoms with van der Waals surface area (Å²) >= 11 is 0. The summed E-state index contributed by atoms with van der Waals surface area (Å²) < 4.78 is 26.9. The van der Waals surface area contributed by atoms with E-state index in [4.69, 9.17) is 0 Å². The van der Waals surface area contributed by atoms with Crippen LogP contribution in [0.3, 0.4) is 0 Å². The van der Waals surface area contributed by atoms with Gasteiger partial charge in [0.05, 0.1) is 0 Å². The largest absolute Gasteiger partial charge is 0.321 e. The van der Waals surface area contributed by atoms with Crippen LogP contribution in [-0.2, 0) is 4.79 Å². The lowest BCUT2D eigenvalue weighted by atomic mass is 10.2. The molecule has 0 aromatic heterocycles. The first-order valence-electron chi connectivity index (χ1n) is 5.45. The Bertz CT molecular complexity index is 408. The maximum absolute atomic E-state index is 13.5. The highest BCUT2D eigenvalue weighted by Crippen LogP contribution is 2.21. The normalized spacial score (nSPS) is 10.4. The molecular formula is C12H16F2N2O. The molecule has 1 aromatic carbocycles. The van der Waals surface area contributed by atoms with Crippen molar-refractivity contribution in [2.75, 3.05) is 18.9 Å². The summed E-state index contributed by atoms with van der Waals surface area (Å²) in [5, 5.41) is 5.15. The third-order valence-electron chi connectivity index (χ3n) is 2.38. The van der Waals surface area contributed by atoms with Crippen molar-refractivity contribution in [3.8, 4) is 0 Å². The molecule has 2 N–H and O–H groups in total. The Morgan fingerprint density at radius 2 is 2.06 bits per heavy atom. The minimum atomic E-state index is -0.755. The average molecular weight is 242 g/mol. The number of anilines is 1. The van der Waals surface area contributed by atoms with E-state index >= 15 is 0 Å². The zero-order valence-electron chi connectivity index (χ0n) is 9.94. The number of hydrogen-bond donors (Lipinski definition) is 2. The Morgan fingerprint density at radius 1 is 1.35 bits per heavy atom. The summed E-state index contributed by atoms with van der Waals surface area (Å²) in [5.41, 5.74) is -0.0589. The van der Waals surface area contributed by atoms with E-state index < -0.39 is 11.6 Å². The van der Waals surface area contributed by atoms with Gasteiger partial charge < -0.3 is 10.6 Å². The number of carbonyl (C=O) groups is 1. The molecule has 0 spiro atoms. The summed E-state index contributed by atoms with van der Waals surface area (Å²) in [4.78, 5) is 11.4. The molecule has 17 heavy (non-hydrogen) atoms. The van der Waals surface area contributed by atoms with Gasteiger partial charge in [0.1, 0.15) is 11.5 Å². The SMILES string of the molecule is CNCCCC(=O)Nc1c(F)ccc(C)c1F. The fourth-order valence-electron chi connectivity index (χ4n) is 1.40. The van der Waals surface area contributed by atoms with Gasteiger partial charge in [-0.15, -0.1) is 0 Å². The summed E-state index contributed by atoms with van der Waals surface area (Å²) in [6, 6.07) is 2.48.